The Kier molecular flexibility index (Phi) is 41.9. The molecule has 0 aromatic heterocycles. The summed E-state index contributed by atoms with van der Waals surface area (Å²) in [5.74, 6) is -0.312. The monoisotopic (exact) mass is 843 g/mol. The molecule has 0 rings (SSSR count). The lowest BCUT2D eigenvalue weighted by Gasteiger charge is -2.24. The Balaban J connectivity index is 4.06. The molecule has 0 radical (unpaired) electrons. The quantitative estimate of drug-likeness (QED) is 0.0215. The molecule has 0 bridgehead atoms. The number of esters is 1. The second-order valence-corrected chi connectivity index (χ2v) is 19.3. The molecule has 0 aromatic rings. The van der Waals surface area contributed by atoms with Crippen molar-refractivity contribution in [2.45, 2.75) is 232 Å². The number of hydrogen-bond donors (Lipinski definition) is 1. The van der Waals surface area contributed by atoms with Crippen molar-refractivity contribution < 1.29 is 37.3 Å². The van der Waals surface area contributed by atoms with Crippen molar-refractivity contribution in [3.05, 3.63) is 24.3 Å². The van der Waals surface area contributed by atoms with Crippen molar-refractivity contribution in [3.63, 3.8) is 0 Å². The van der Waals surface area contributed by atoms with Gasteiger partial charge in [-0.1, -0.05) is 199 Å². The van der Waals surface area contributed by atoms with Crippen molar-refractivity contribution in [1.29, 1.82) is 0 Å². The van der Waals surface area contributed by atoms with Crippen LogP contribution >= 0.6 is 7.82 Å². The SMILES string of the molecule is CCCCCCC/C=C\C/C=C\CCCCCCCCCCCCCCOCC(COP(=O)(O)OCC[N+](C)(C)C)OC(=O)CCCCCCCCCCCCCC. The Morgan fingerprint density at radius 1 is 0.534 bits per heavy atom. The fraction of sp³-hybridized carbons (Fsp3) is 0.898. The molecule has 8 nitrogen and oxygen atoms in total. The van der Waals surface area contributed by atoms with E-state index in [1.54, 1.807) is 0 Å². The zero-order valence-electron chi connectivity index (χ0n) is 39.0. The van der Waals surface area contributed by atoms with Gasteiger partial charge in [-0.05, 0) is 44.9 Å². The molecule has 0 aromatic carbocycles. The van der Waals surface area contributed by atoms with Gasteiger partial charge < -0.3 is 18.9 Å². The Morgan fingerprint density at radius 2 is 0.948 bits per heavy atom. The van der Waals surface area contributed by atoms with Crippen molar-refractivity contribution in [1.82, 2.24) is 0 Å². The van der Waals surface area contributed by atoms with E-state index in [1.807, 2.05) is 21.1 Å². The van der Waals surface area contributed by atoms with Gasteiger partial charge in [0.05, 0.1) is 34.4 Å². The van der Waals surface area contributed by atoms with Crippen LogP contribution in [-0.2, 0) is 27.9 Å². The lowest BCUT2D eigenvalue weighted by Crippen LogP contribution is -2.37. The summed E-state index contributed by atoms with van der Waals surface area (Å²) in [6, 6.07) is 0. The van der Waals surface area contributed by atoms with Crippen molar-refractivity contribution in [3.8, 4) is 0 Å². The second kappa shape index (κ2) is 42.7. The molecule has 58 heavy (non-hydrogen) atoms. The van der Waals surface area contributed by atoms with Crippen LogP contribution in [-0.4, -0.2) is 75.6 Å². The number of rotatable bonds is 46. The zero-order chi connectivity index (χ0) is 42.7. The predicted octanol–water partition coefficient (Wildman–Crippen LogP) is 14.8. The van der Waals surface area contributed by atoms with Crippen LogP contribution in [0.1, 0.15) is 226 Å². The first-order valence-electron chi connectivity index (χ1n) is 24.6. The Labute approximate surface area is 360 Å². The van der Waals surface area contributed by atoms with E-state index in [1.165, 1.54) is 167 Å². The number of ether oxygens (including phenoxy) is 2. The third-order valence-electron chi connectivity index (χ3n) is 10.8. The maximum Gasteiger partial charge on any atom is 0.472 e. The van der Waals surface area contributed by atoms with Gasteiger partial charge in [-0.25, -0.2) is 4.57 Å². The van der Waals surface area contributed by atoms with Crippen LogP contribution in [0.5, 0.6) is 0 Å². The van der Waals surface area contributed by atoms with Crippen LogP contribution in [0.4, 0.5) is 0 Å². The second-order valence-electron chi connectivity index (χ2n) is 17.9. The molecular formula is C49H97NO7P+. The van der Waals surface area contributed by atoms with Crippen molar-refractivity contribution in [2.75, 3.05) is 54.1 Å². The molecule has 1 N–H and O–H groups in total. The summed E-state index contributed by atoms with van der Waals surface area (Å²) in [7, 11) is 1.68. The minimum absolute atomic E-state index is 0.0908. The molecule has 0 saturated heterocycles. The van der Waals surface area contributed by atoms with Crippen molar-refractivity contribution in [2.24, 2.45) is 0 Å². The number of carbonyl (C=O) groups is 1. The number of nitrogens with zero attached hydrogens (tertiary/aromatic N) is 1. The highest BCUT2D eigenvalue weighted by Crippen LogP contribution is 2.43. The number of likely N-dealkylation sites (N-methyl/N-ethyl adjacent to an activating group) is 1. The van der Waals surface area contributed by atoms with E-state index in [4.69, 9.17) is 18.5 Å². The number of quaternary nitrogens is 1. The normalized spacial score (nSPS) is 13.8. The molecule has 0 amide bonds. The summed E-state index contributed by atoms with van der Waals surface area (Å²) >= 11 is 0. The Bertz CT molecular complexity index is 983. The molecule has 2 unspecified atom stereocenters. The average Bonchev–Trinajstić information content (AvgIpc) is 3.18. The van der Waals surface area contributed by atoms with E-state index < -0.39 is 13.9 Å². The summed E-state index contributed by atoms with van der Waals surface area (Å²) in [6.45, 7) is 5.64. The average molecular weight is 843 g/mol. The first-order valence-corrected chi connectivity index (χ1v) is 26.1. The molecule has 0 fully saturated rings. The third-order valence-corrected chi connectivity index (χ3v) is 11.7. The van der Waals surface area contributed by atoms with Crippen LogP contribution in [0, 0.1) is 0 Å². The minimum Gasteiger partial charge on any atom is -0.457 e. The van der Waals surface area contributed by atoms with Gasteiger partial charge in [0, 0.05) is 13.0 Å². The summed E-state index contributed by atoms with van der Waals surface area (Å²) in [4.78, 5) is 22.9. The fourth-order valence-corrected chi connectivity index (χ4v) is 7.68. The van der Waals surface area contributed by atoms with Crippen LogP contribution in [0.3, 0.4) is 0 Å². The fourth-order valence-electron chi connectivity index (χ4n) is 6.94. The molecule has 0 aliphatic rings. The van der Waals surface area contributed by atoms with Gasteiger partial charge in [0.2, 0.25) is 0 Å². The molecule has 0 aliphatic heterocycles. The van der Waals surface area contributed by atoms with E-state index in [0.717, 1.165) is 38.5 Å². The summed E-state index contributed by atoms with van der Waals surface area (Å²) in [6.07, 6.45) is 49.3. The summed E-state index contributed by atoms with van der Waals surface area (Å²) in [5.41, 5.74) is 0. The number of carbonyl (C=O) groups excluding carboxylic acids is 1. The number of phosphoric ester groups is 1. The zero-order valence-corrected chi connectivity index (χ0v) is 39.9. The van der Waals surface area contributed by atoms with Crippen LogP contribution in [0.15, 0.2) is 24.3 Å². The van der Waals surface area contributed by atoms with Crippen LogP contribution in [0.25, 0.3) is 0 Å². The molecule has 0 heterocycles. The summed E-state index contributed by atoms with van der Waals surface area (Å²) < 4.78 is 35.1. The highest BCUT2D eigenvalue weighted by Gasteiger charge is 2.26. The highest BCUT2D eigenvalue weighted by molar-refractivity contribution is 7.47. The number of unbranched alkanes of at least 4 members (excludes halogenated alkanes) is 28. The molecule has 0 aliphatic carbocycles. The van der Waals surface area contributed by atoms with E-state index in [9.17, 15) is 14.3 Å². The van der Waals surface area contributed by atoms with Gasteiger partial charge >= 0.3 is 13.8 Å². The van der Waals surface area contributed by atoms with E-state index in [-0.39, 0.29) is 25.8 Å². The molecular weight excluding hydrogens is 746 g/mol. The first kappa shape index (κ1) is 57.0. The van der Waals surface area contributed by atoms with Gasteiger partial charge in [0.25, 0.3) is 0 Å². The molecule has 2 atom stereocenters. The largest absolute Gasteiger partial charge is 0.472 e. The molecule has 9 heteroatoms. The van der Waals surface area contributed by atoms with Crippen molar-refractivity contribution >= 4 is 13.8 Å². The maximum absolute atomic E-state index is 12.7. The van der Waals surface area contributed by atoms with Crippen LogP contribution < -0.4 is 0 Å². The highest BCUT2D eigenvalue weighted by atomic mass is 31.2. The van der Waals surface area contributed by atoms with E-state index >= 15 is 0 Å². The molecule has 0 saturated carbocycles. The van der Waals surface area contributed by atoms with E-state index in [2.05, 4.69) is 38.2 Å². The standard InChI is InChI=1S/C49H96NO7P/c1-6-8-10-12-14-16-18-20-21-22-23-24-25-26-27-28-29-30-31-33-35-37-39-41-44-54-46-48(47-56-58(52,53)55-45-43-50(3,4)5)57-49(51)42-40-38-36-34-32-19-17-15-13-11-9-7-2/h18,20,22-23,48H,6-17,19,21,24-47H2,1-5H3/p+1/b20-18-,23-22-. The summed E-state index contributed by atoms with van der Waals surface area (Å²) in [5, 5.41) is 0. The predicted molar refractivity (Wildman–Crippen MR) is 247 cm³/mol. The molecule has 0 spiro atoms. The van der Waals surface area contributed by atoms with E-state index in [0.29, 0.717) is 24.1 Å². The molecule has 344 valence electrons. The lowest BCUT2D eigenvalue weighted by molar-refractivity contribution is -0.870. The Morgan fingerprint density at radius 3 is 1.40 bits per heavy atom. The third kappa shape index (κ3) is 46.1. The first-order chi connectivity index (χ1) is 28.1. The Hall–Kier alpha value is -1.02. The number of hydrogen-bond acceptors (Lipinski definition) is 6. The maximum atomic E-state index is 12.7. The van der Waals surface area contributed by atoms with Gasteiger partial charge in [0.15, 0.2) is 0 Å². The van der Waals surface area contributed by atoms with Gasteiger partial charge in [0.1, 0.15) is 19.3 Å². The number of allylic oxidation sites excluding steroid dienone is 4. The van der Waals surface area contributed by atoms with Gasteiger partial charge in [-0.2, -0.15) is 0 Å². The van der Waals surface area contributed by atoms with Gasteiger partial charge in [-0.15, -0.1) is 0 Å². The number of phosphoric acid groups is 1. The smallest absolute Gasteiger partial charge is 0.457 e. The van der Waals surface area contributed by atoms with Crippen LogP contribution in [0.2, 0.25) is 0 Å². The topological polar surface area (TPSA) is 91.3 Å². The lowest BCUT2D eigenvalue weighted by atomic mass is 10.0. The minimum atomic E-state index is -4.27. The van der Waals surface area contributed by atoms with Gasteiger partial charge in [-0.3, -0.25) is 13.8 Å².